The van der Waals surface area contributed by atoms with Crippen molar-refractivity contribution in [3.8, 4) is 5.75 Å². The Hall–Kier alpha value is -2.31. The van der Waals surface area contributed by atoms with E-state index in [1.54, 1.807) is 30.3 Å². The molecular weight excluding hydrogens is 256 g/mol. The van der Waals surface area contributed by atoms with Gasteiger partial charge in [0.1, 0.15) is 11.8 Å². The first kappa shape index (κ1) is 14.1. The third kappa shape index (κ3) is 3.37. The van der Waals surface area contributed by atoms with Gasteiger partial charge in [0.15, 0.2) is 11.6 Å². The monoisotopic (exact) mass is 272 g/mol. The van der Waals surface area contributed by atoms with Crippen LogP contribution >= 0.6 is 0 Å². The van der Waals surface area contributed by atoms with E-state index < -0.39 is 12.1 Å². The second kappa shape index (κ2) is 6.23. The van der Waals surface area contributed by atoms with Crippen LogP contribution in [0.4, 0.5) is 0 Å². The van der Waals surface area contributed by atoms with Gasteiger partial charge in [-0.05, 0) is 30.2 Å². The van der Waals surface area contributed by atoms with Gasteiger partial charge in [-0.1, -0.05) is 12.1 Å². The molecule has 0 saturated heterocycles. The first-order chi connectivity index (χ1) is 9.58. The zero-order valence-electron chi connectivity index (χ0n) is 10.8. The van der Waals surface area contributed by atoms with Crippen LogP contribution in [0.1, 0.15) is 17.4 Å². The maximum absolute atomic E-state index is 12.1. The number of nitrogens with zero attached hydrogens (tertiary/aromatic N) is 2. The minimum Gasteiger partial charge on any atom is -0.508 e. The quantitative estimate of drug-likeness (QED) is 0.722. The highest BCUT2D eigenvalue weighted by Crippen LogP contribution is 2.13. The van der Waals surface area contributed by atoms with Crippen molar-refractivity contribution in [1.82, 2.24) is 9.97 Å². The fourth-order valence-electron chi connectivity index (χ4n) is 1.82. The molecule has 0 spiro atoms. The summed E-state index contributed by atoms with van der Waals surface area (Å²) < 4.78 is 0. The molecular formula is C14H16N4O2. The van der Waals surface area contributed by atoms with Gasteiger partial charge in [0.2, 0.25) is 0 Å². The molecule has 0 aliphatic heterocycles. The molecule has 0 radical (unpaired) electrons. The molecule has 5 N–H and O–H groups in total. The number of carbonyl (C=O) groups excluding carboxylic acids is 1. The van der Waals surface area contributed by atoms with Gasteiger partial charge in [-0.2, -0.15) is 0 Å². The summed E-state index contributed by atoms with van der Waals surface area (Å²) in [4.78, 5) is 20.0. The number of aromatic nitrogens is 2. The summed E-state index contributed by atoms with van der Waals surface area (Å²) in [7, 11) is 0. The number of benzene rings is 1. The summed E-state index contributed by atoms with van der Waals surface area (Å²) in [5.41, 5.74) is 12.6. The zero-order chi connectivity index (χ0) is 14.5. The first-order valence-electron chi connectivity index (χ1n) is 6.17. The molecule has 1 aromatic carbocycles. The maximum Gasteiger partial charge on any atom is 0.174 e. The summed E-state index contributed by atoms with van der Waals surface area (Å²) in [5, 5.41) is 9.20. The average molecular weight is 272 g/mol. The van der Waals surface area contributed by atoms with Gasteiger partial charge in [0, 0.05) is 12.4 Å². The smallest absolute Gasteiger partial charge is 0.174 e. The summed E-state index contributed by atoms with van der Waals surface area (Å²) >= 11 is 0. The molecule has 6 nitrogen and oxygen atoms in total. The summed E-state index contributed by atoms with van der Waals surface area (Å²) in [5.74, 6) is 0.117. The molecule has 1 aromatic heterocycles. The molecule has 2 unspecified atom stereocenters. The Kier molecular flexibility index (Phi) is 4.39. The van der Waals surface area contributed by atoms with Crippen molar-refractivity contribution in [3.05, 3.63) is 54.1 Å². The predicted molar refractivity (Wildman–Crippen MR) is 73.8 cm³/mol. The van der Waals surface area contributed by atoms with Crippen molar-refractivity contribution < 1.29 is 9.90 Å². The lowest BCUT2D eigenvalue weighted by Gasteiger charge is -2.15. The molecule has 1 heterocycles. The first-order valence-corrected chi connectivity index (χ1v) is 6.17. The van der Waals surface area contributed by atoms with E-state index in [2.05, 4.69) is 9.97 Å². The Balaban J connectivity index is 2.03. The van der Waals surface area contributed by atoms with E-state index in [1.807, 2.05) is 0 Å². The summed E-state index contributed by atoms with van der Waals surface area (Å²) in [6, 6.07) is 6.51. The maximum atomic E-state index is 12.1. The number of rotatable bonds is 5. The van der Waals surface area contributed by atoms with Gasteiger partial charge in [-0.3, -0.25) is 4.79 Å². The highest BCUT2D eigenvalue weighted by Gasteiger charge is 2.24. The van der Waals surface area contributed by atoms with Crippen LogP contribution in [-0.2, 0) is 11.2 Å². The molecule has 2 atom stereocenters. The number of ketones is 1. The van der Waals surface area contributed by atoms with Gasteiger partial charge in [-0.15, -0.1) is 0 Å². The number of hydrogen-bond acceptors (Lipinski definition) is 6. The van der Waals surface area contributed by atoms with E-state index in [-0.39, 0.29) is 17.4 Å². The predicted octanol–water partition coefficient (Wildman–Crippen LogP) is 0.321. The molecule has 0 bridgehead atoms. The van der Waals surface area contributed by atoms with Crippen LogP contribution in [0.3, 0.4) is 0 Å². The minimum atomic E-state index is -0.927. The lowest BCUT2D eigenvalue weighted by molar-refractivity contribution is -0.121. The van der Waals surface area contributed by atoms with Gasteiger partial charge >= 0.3 is 0 Å². The van der Waals surface area contributed by atoms with Crippen LogP contribution in [0.2, 0.25) is 0 Å². The highest BCUT2D eigenvalue weighted by atomic mass is 16.3. The van der Waals surface area contributed by atoms with E-state index in [0.717, 1.165) is 5.56 Å². The molecule has 0 saturated carbocycles. The molecule has 2 aromatic rings. The number of phenols is 1. The Morgan fingerprint density at radius 3 is 2.35 bits per heavy atom. The lowest BCUT2D eigenvalue weighted by atomic mass is 9.98. The molecule has 20 heavy (non-hydrogen) atoms. The second-order valence-electron chi connectivity index (χ2n) is 4.46. The van der Waals surface area contributed by atoms with Crippen molar-refractivity contribution in [1.29, 1.82) is 0 Å². The van der Waals surface area contributed by atoms with Crippen molar-refractivity contribution in [3.63, 3.8) is 0 Å². The normalized spacial score (nSPS) is 13.7. The van der Waals surface area contributed by atoms with Crippen molar-refractivity contribution in [2.75, 3.05) is 0 Å². The number of phenolic OH excluding ortho intramolecular Hbond substituents is 1. The number of hydrogen-bond donors (Lipinski definition) is 3. The standard InChI is InChI=1S/C14H16N4O2/c15-11(8-9-2-4-10(19)5-3-9)13(20)12(16)14-17-6-1-7-18-14/h1-7,11-12,19H,8,15-16H2. The van der Waals surface area contributed by atoms with E-state index in [4.69, 9.17) is 11.5 Å². The molecule has 0 amide bonds. The lowest BCUT2D eigenvalue weighted by Crippen LogP contribution is -2.40. The van der Waals surface area contributed by atoms with Crippen LogP contribution in [0.15, 0.2) is 42.7 Å². The molecule has 104 valence electrons. The van der Waals surface area contributed by atoms with Crippen LogP contribution in [0.25, 0.3) is 0 Å². The number of carbonyl (C=O) groups is 1. The Labute approximate surface area is 116 Å². The summed E-state index contributed by atoms with van der Waals surface area (Å²) in [6.45, 7) is 0. The van der Waals surface area contributed by atoms with E-state index in [0.29, 0.717) is 6.42 Å². The topological polar surface area (TPSA) is 115 Å². The Morgan fingerprint density at radius 1 is 1.15 bits per heavy atom. The number of Topliss-reactive ketones (excluding diaryl/α,β-unsaturated/α-hetero) is 1. The van der Waals surface area contributed by atoms with Crippen LogP contribution in [-0.4, -0.2) is 26.9 Å². The van der Waals surface area contributed by atoms with E-state index in [9.17, 15) is 9.90 Å². The fraction of sp³-hybridized carbons (Fsp3) is 0.214. The van der Waals surface area contributed by atoms with E-state index >= 15 is 0 Å². The Morgan fingerprint density at radius 2 is 1.75 bits per heavy atom. The average Bonchev–Trinajstić information content (AvgIpc) is 2.49. The van der Waals surface area contributed by atoms with E-state index in [1.165, 1.54) is 12.4 Å². The number of aromatic hydroxyl groups is 1. The molecule has 2 rings (SSSR count). The Bertz CT molecular complexity index is 571. The SMILES string of the molecule is NC(Cc1ccc(O)cc1)C(=O)C(N)c1ncccn1. The van der Waals surface area contributed by atoms with Crippen molar-refractivity contribution in [2.24, 2.45) is 11.5 Å². The van der Waals surface area contributed by atoms with Crippen molar-refractivity contribution in [2.45, 2.75) is 18.5 Å². The third-order valence-corrected chi connectivity index (χ3v) is 2.93. The molecule has 6 heteroatoms. The largest absolute Gasteiger partial charge is 0.508 e. The minimum absolute atomic E-state index is 0.169. The third-order valence-electron chi connectivity index (χ3n) is 2.93. The van der Waals surface area contributed by atoms with Gasteiger partial charge < -0.3 is 16.6 Å². The number of nitrogens with two attached hydrogens (primary N) is 2. The van der Waals surface area contributed by atoms with Crippen LogP contribution < -0.4 is 11.5 Å². The molecule has 0 aliphatic carbocycles. The highest BCUT2D eigenvalue weighted by molar-refractivity contribution is 5.89. The van der Waals surface area contributed by atoms with Crippen LogP contribution in [0, 0.1) is 0 Å². The summed E-state index contributed by atoms with van der Waals surface area (Å²) in [6.07, 6.45) is 3.40. The second-order valence-corrected chi connectivity index (χ2v) is 4.46. The van der Waals surface area contributed by atoms with Gasteiger partial charge in [0.25, 0.3) is 0 Å². The molecule has 0 fully saturated rings. The van der Waals surface area contributed by atoms with Crippen LogP contribution in [0.5, 0.6) is 5.75 Å². The van der Waals surface area contributed by atoms with Gasteiger partial charge in [0.05, 0.1) is 6.04 Å². The van der Waals surface area contributed by atoms with Gasteiger partial charge in [-0.25, -0.2) is 9.97 Å². The zero-order valence-corrected chi connectivity index (χ0v) is 10.8. The van der Waals surface area contributed by atoms with Crippen molar-refractivity contribution >= 4 is 5.78 Å². The molecule has 0 aliphatic rings. The fourth-order valence-corrected chi connectivity index (χ4v) is 1.82.